The zero-order valence-corrected chi connectivity index (χ0v) is 20.6. The number of hydrogen-bond donors (Lipinski definition) is 1. The normalized spacial score (nSPS) is 11.6. The van der Waals surface area contributed by atoms with Crippen molar-refractivity contribution in [1.82, 2.24) is 10.2 Å². The van der Waals surface area contributed by atoms with Gasteiger partial charge in [0.25, 0.3) is 0 Å². The topological polar surface area (TPSA) is 49.4 Å². The van der Waals surface area contributed by atoms with Crippen LogP contribution in [0.1, 0.15) is 23.6 Å². The average molecular weight is 499 g/mol. The van der Waals surface area contributed by atoms with E-state index in [0.29, 0.717) is 23.7 Å². The molecule has 0 radical (unpaired) electrons. The fraction of sp³-hybridized carbons (Fsp3) is 0.259. The number of halogens is 2. The van der Waals surface area contributed by atoms with Crippen LogP contribution in [0.3, 0.4) is 0 Å². The third-order valence-electron chi connectivity index (χ3n) is 5.30. The molecular weight excluding hydrogens is 471 g/mol. The van der Waals surface area contributed by atoms with Gasteiger partial charge < -0.3 is 10.2 Å². The molecule has 0 spiro atoms. The molecule has 0 saturated heterocycles. The van der Waals surface area contributed by atoms with E-state index < -0.39 is 6.04 Å². The van der Waals surface area contributed by atoms with Crippen molar-refractivity contribution >= 4 is 35.2 Å². The summed E-state index contributed by atoms with van der Waals surface area (Å²) in [5.74, 6) is 0.177. The Kier molecular flexibility index (Phi) is 9.98. The Hall–Kier alpha value is -2.83. The molecule has 2 amide bonds. The number of thioether (sulfide) groups is 1. The van der Waals surface area contributed by atoms with E-state index in [0.717, 1.165) is 16.7 Å². The summed E-state index contributed by atoms with van der Waals surface area (Å²) < 4.78 is 13.5. The number of nitrogens with zero attached hydrogens (tertiary/aromatic N) is 1. The smallest absolute Gasteiger partial charge is 0.243 e. The fourth-order valence-electron chi connectivity index (χ4n) is 3.55. The van der Waals surface area contributed by atoms with Crippen LogP contribution in [0.4, 0.5) is 4.39 Å². The monoisotopic (exact) mass is 498 g/mol. The number of likely N-dealkylation sites (N-methyl/N-ethyl adjacent to an activating group) is 1. The lowest BCUT2D eigenvalue weighted by Gasteiger charge is -2.31. The summed E-state index contributed by atoms with van der Waals surface area (Å²) in [5.41, 5.74) is 2.79. The van der Waals surface area contributed by atoms with Crippen LogP contribution >= 0.6 is 23.4 Å². The zero-order valence-electron chi connectivity index (χ0n) is 19.0. The average Bonchev–Trinajstić information content (AvgIpc) is 2.84. The Morgan fingerprint density at radius 1 is 0.941 bits per heavy atom. The first kappa shape index (κ1) is 25.8. The highest BCUT2D eigenvalue weighted by molar-refractivity contribution is 7.99. The van der Waals surface area contributed by atoms with E-state index in [1.54, 1.807) is 17.0 Å². The van der Waals surface area contributed by atoms with Crippen LogP contribution in [0.15, 0.2) is 78.9 Å². The first-order chi connectivity index (χ1) is 16.5. The first-order valence-corrected chi connectivity index (χ1v) is 12.7. The van der Waals surface area contributed by atoms with Crippen molar-refractivity contribution in [2.24, 2.45) is 0 Å². The Balaban J connectivity index is 1.81. The molecule has 0 aliphatic carbocycles. The summed E-state index contributed by atoms with van der Waals surface area (Å²) in [7, 11) is 0. The molecule has 0 aromatic heterocycles. The Morgan fingerprint density at radius 2 is 1.59 bits per heavy atom. The molecule has 1 atom stereocenters. The summed E-state index contributed by atoms with van der Waals surface area (Å²) in [5, 5.41) is 3.54. The Labute approximate surface area is 209 Å². The van der Waals surface area contributed by atoms with Crippen molar-refractivity contribution < 1.29 is 14.0 Å². The van der Waals surface area contributed by atoms with Gasteiger partial charge in [0.1, 0.15) is 11.9 Å². The van der Waals surface area contributed by atoms with Crippen LogP contribution in [0.5, 0.6) is 0 Å². The van der Waals surface area contributed by atoms with Gasteiger partial charge in [-0.25, -0.2) is 4.39 Å². The van der Waals surface area contributed by atoms with E-state index in [1.165, 1.54) is 23.9 Å². The molecule has 4 nitrogen and oxygen atoms in total. The number of nitrogens with one attached hydrogen (secondary N) is 1. The summed E-state index contributed by atoms with van der Waals surface area (Å²) in [6.07, 6.45) is 0.390. The third-order valence-corrected chi connectivity index (χ3v) is 6.54. The molecule has 0 bridgehead atoms. The minimum absolute atomic E-state index is 0.143. The van der Waals surface area contributed by atoms with Gasteiger partial charge in [-0.1, -0.05) is 66.2 Å². The van der Waals surface area contributed by atoms with Crippen LogP contribution in [-0.2, 0) is 28.3 Å². The number of carbonyl (C=O) groups excluding carboxylic acids is 2. The first-order valence-electron chi connectivity index (χ1n) is 11.1. The highest BCUT2D eigenvalue weighted by Crippen LogP contribution is 2.19. The summed E-state index contributed by atoms with van der Waals surface area (Å²) >= 11 is 7.44. The third kappa shape index (κ3) is 7.89. The lowest BCUT2D eigenvalue weighted by molar-refractivity contribution is -0.139. The van der Waals surface area contributed by atoms with Crippen LogP contribution in [0.2, 0.25) is 5.02 Å². The molecule has 0 heterocycles. The number of carbonyl (C=O) groups is 2. The van der Waals surface area contributed by atoms with Crippen molar-refractivity contribution in [3.8, 4) is 0 Å². The van der Waals surface area contributed by atoms with Crippen molar-refractivity contribution in [3.05, 3.63) is 106 Å². The number of amides is 2. The molecule has 3 aromatic carbocycles. The second-order valence-corrected chi connectivity index (χ2v) is 9.29. The van der Waals surface area contributed by atoms with Gasteiger partial charge in [-0.15, -0.1) is 11.8 Å². The predicted octanol–water partition coefficient (Wildman–Crippen LogP) is 5.49. The van der Waals surface area contributed by atoms with E-state index in [4.69, 9.17) is 11.6 Å². The highest BCUT2D eigenvalue weighted by Gasteiger charge is 2.30. The fourth-order valence-corrected chi connectivity index (χ4v) is 4.55. The Bertz CT molecular complexity index is 1060. The lowest BCUT2D eigenvalue weighted by Crippen LogP contribution is -2.51. The number of rotatable bonds is 11. The molecule has 0 aliphatic heterocycles. The largest absolute Gasteiger partial charge is 0.355 e. The molecule has 3 aromatic rings. The van der Waals surface area contributed by atoms with E-state index in [9.17, 15) is 14.0 Å². The van der Waals surface area contributed by atoms with Gasteiger partial charge in [0, 0.05) is 30.3 Å². The molecule has 1 N–H and O–H groups in total. The Morgan fingerprint density at radius 3 is 2.24 bits per heavy atom. The molecule has 0 fully saturated rings. The van der Waals surface area contributed by atoms with Crippen LogP contribution in [-0.4, -0.2) is 35.1 Å². The molecular formula is C27H28ClFN2O2S. The molecule has 0 unspecified atom stereocenters. The number of hydrogen-bond acceptors (Lipinski definition) is 3. The second kappa shape index (κ2) is 13.2. The lowest BCUT2D eigenvalue weighted by atomic mass is 10.0. The zero-order chi connectivity index (χ0) is 24.3. The van der Waals surface area contributed by atoms with Crippen molar-refractivity contribution in [3.63, 3.8) is 0 Å². The SMILES string of the molecule is CCNC(=O)[C@H](Cc1ccccc1)N(Cc1ccc(F)cc1)C(=O)CSCc1ccc(Cl)cc1. The molecule has 0 aliphatic rings. The van der Waals surface area contributed by atoms with Gasteiger partial charge >= 0.3 is 0 Å². The maximum absolute atomic E-state index is 13.5. The van der Waals surface area contributed by atoms with Crippen molar-refractivity contribution in [1.29, 1.82) is 0 Å². The van der Waals surface area contributed by atoms with Crippen molar-refractivity contribution in [2.45, 2.75) is 31.7 Å². The molecule has 3 rings (SSSR count). The molecule has 34 heavy (non-hydrogen) atoms. The maximum atomic E-state index is 13.5. The molecule has 0 saturated carbocycles. The maximum Gasteiger partial charge on any atom is 0.243 e. The standard InChI is InChI=1S/C27H28ClFN2O2S/c1-2-30-27(33)25(16-20-6-4-3-5-7-20)31(17-21-10-14-24(29)15-11-21)26(32)19-34-18-22-8-12-23(28)13-9-22/h3-15,25H,2,16-19H2,1H3,(H,30,33)/t25-/m0/s1. The van der Waals surface area contributed by atoms with Gasteiger partial charge in [0.2, 0.25) is 11.8 Å². The van der Waals surface area contributed by atoms with E-state index in [-0.39, 0.29) is 29.9 Å². The second-order valence-electron chi connectivity index (χ2n) is 7.87. The highest BCUT2D eigenvalue weighted by atomic mass is 35.5. The van der Waals surface area contributed by atoms with Gasteiger partial charge in [-0.05, 0) is 47.9 Å². The predicted molar refractivity (Wildman–Crippen MR) is 137 cm³/mol. The van der Waals surface area contributed by atoms with E-state index in [1.807, 2.05) is 61.5 Å². The van der Waals surface area contributed by atoms with Gasteiger partial charge in [0.15, 0.2) is 0 Å². The van der Waals surface area contributed by atoms with Crippen LogP contribution < -0.4 is 5.32 Å². The minimum Gasteiger partial charge on any atom is -0.355 e. The summed E-state index contributed by atoms with van der Waals surface area (Å²) in [6, 6.07) is 22.5. The quantitative estimate of drug-likeness (QED) is 0.380. The van der Waals surface area contributed by atoms with Crippen LogP contribution in [0, 0.1) is 5.82 Å². The van der Waals surface area contributed by atoms with Crippen LogP contribution in [0.25, 0.3) is 0 Å². The van der Waals surface area contributed by atoms with Gasteiger partial charge in [-0.2, -0.15) is 0 Å². The molecule has 7 heteroatoms. The summed E-state index contributed by atoms with van der Waals surface area (Å²) in [6.45, 7) is 2.54. The van der Waals surface area contributed by atoms with E-state index in [2.05, 4.69) is 5.32 Å². The van der Waals surface area contributed by atoms with Crippen molar-refractivity contribution in [2.75, 3.05) is 12.3 Å². The number of benzene rings is 3. The van der Waals surface area contributed by atoms with Gasteiger partial charge in [0.05, 0.1) is 5.75 Å². The van der Waals surface area contributed by atoms with E-state index >= 15 is 0 Å². The molecule has 178 valence electrons. The van der Waals surface area contributed by atoms with Gasteiger partial charge in [-0.3, -0.25) is 9.59 Å². The minimum atomic E-state index is -0.684. The summed E-state index contributed by atoms with van der Waals surface area (Å²) in [4.78, 5) is 28.1.